The topological polar surface area (TPSA) is 59.4 Å². The lowest BCUT2D eigenvalue weighted by Gasteiger charge is -2.13. The van der Waals surface area contributed by atoms with Gasteiger partial charge >= 0.3 is 12.3 Å². The fourth-order valence-corrected chi connectivity index (χ4v) is 2.36. The van der Waals surface area contributed by atoms with E-state index in [1.165, 1.54) is 18.2 Å². The van der Waals surface area contributed by atoms with Crippen LogP contribution in [-0.4, -0.2) is 22.4 Å². The molecular weight excluding hydrogens is 323 g/mol. The number of halogens is 3. The summed E-state index contributed by atoms with van der Waals surface area (Å²) < 4.78 is 41.7. The molecule has 24 heavy (non-hydrogen) atoms. The average Bonchev–Trinajstić information content (AvgIpc) is 2.53. The summed E-state index contributed by atoms with van der Waals surface area (Å²) in [4.78, 5) is 15.7. The molecule has 0 saturated carbocycles. The molecule has 0 fully saturated rings. The van der Waals surface area contributed by atoms with Gasteiger partial charge < -0.3 is 9.84 Å². The Morgan fingerprint density at radius 2 is 1.75 bits per heavy atom. The van der Waals surface area contributed by atoms with E-state index in [2.05, 4.69) is 9.72 Å². The van der Waals surface area contributed by atoms with Gasteiger partial charge in [-0.25, -0.2) is 9.78 Å². The Kier molecular flexibility index (Phi) is 3.84. The molecule has 4 nitrogen and oxygen atoms in total. The molecule has 2 aromatic carbocycles. The average molecular weight is 333 g/mol. The number of ether oxygens (including phenoxy) is 1. The standard InChI is InChI=1S/C17H10F3NO3/c18-17(19,20)24-14-8-4-7-11-12(16(22)23)9-13(21-15(11)14)10-5-2-1-3-6-10/h1-9H,(H,22,23). The number of pyridine rings is 1. The first-order valence-corrected chi connectivity index (χ1v) is 6.83. The van der Waals surface area contributed by atoms with E-state index in [0.717, 1.165) is 6.07 Å². The summed E-state index contributed by atoms with van der Waals surface area (Å²) in [5.41, 5.74) is 0.530. The van der Waals surface area contributed by atoms with E-state index in [1.807, 2.05) is 0 Å². The molecule has 3 rings (SSSR count). The lowest BCUT2D eigenvalue weighted by Crippen LogP contribution is -2.17. The van der Waals surface area contributed by atoms with Crippen LogP contribution in [0.2, 0.25) is 0 Å². The third kappa shape index (κ3) is 3.15. The highest BCUT2D eigenvalue weighted by Crippen LogP contribution is 2.33. The van der Waals surface area contributed by atoms with Crippen molar-refractivity contribution in [3.05, 3.63) is 60.2 Å². The summed E-state index contributed by atoms with van der Waals surface area (Å²) in [5, 5.41) is 9.46. The van der Waals surface area contributed by atoms with Crippen molar-refractivity contribution in [2.24, 2.45) is 0 Å². The van der Waals surface area contributed by atoms with Crippen molar-refractivity contribution in [2.75, 3.05) is 0 Å². The molecule has 0 amide bonds. The first kappa shape index (κ1) is 15.8. The Morgan fingerprint density at radius 1 is 1.04 bits per heavy atom. The van der Waals surface area contributed by atoms with Crippen molar-refractivity contribution in [3.8, 4) is 17.0 Å². The molecule has 122 valence electrons. The Bertz CT molecular complexity index is 908. The zero-order valence-corrected chi connectivity index (χ0v) is 12.0. The van der Waals surface area contributed by atoms with Crippen LogP contribution in [0.1, 0.15) is 10.4 Å². The number of aromatic nitrogens is 1. The third-order valence-corrected chi connectivity index (χ3v) is 3.33. The maximum atomic E-state index is 12.6. The number of carbonyl (C=O) groups is 1. The van der Waals surface area contributed by atoms with Gasteiger partial charge in [-0.2, -0.15) is 0 Å². The minimum Gasteiger partial charge on any atom is -0.478 e. The molecule has 0 bridgehead atoms. The highest BCUT2D eigenvalue weighted by molar-refractivity contribution is 6.05. The lowest BCUT2D eigenvalue weighted by molar-refractivity contribution is -0.274. The minimum atomic E-state index is -4.90. The predicted octanol–water partition coefficient (Wildman–Crippen LogP) is 4.50. The Labute approximate surface area is 134 Å². The number of alkyl halides is 3. The fourth-order valence-electron chi connectivity index (χ4n) is 2.36. The van der Waals surface area contributed by atoms with Crippen LogP contribution in [0.3, 0.4) is 0 Å². The number of hydrogen-bond acceptors (Lipinski definition) is 3. The van der Waals surface area contributed by atoms with Gasteiger partial charge in [0, 0.05) is 10.9 Å². The van der Waals surface area contributed by atoms with Crippen molar-refractivity contribution in [1.82, 2.24) is 4.98 Å². The molecule has 0 aliphatic heterocycles. The molecular formula is C17H10F3NO3. The van der Waals surface area contributed by atoms with Crippen LogP contribution in [0.15, 0.2) is 54.6 Å². The predicted molar refractivity (Wildman–Crippen MR) is 80.8 cm³/mol. The van der Waals surface area contributed by atoms with Crippen LogP contribution < -0.4 is 4.74 Å². The van der Waals surface area contributed by atoms with Crippen LogP contribution >= 0.6 is 0 Å². The number of fused-ring (bicyclic) bond motifs is 1. The van der Waals surface area contributed by atoms with E-state index >= 15 is 0 Å². The van der Waals surface area contributed by atoms with Crippen molar-refractivity contribution in [2.45, 2.75) is 6.36 Å². The Balaban J connectivity index is 2.29. The second kappa shape index (κ2) is 5.84. The van der Waals surface area contributed by atoms with Gasteiger partial charge in [-0.3, -0.25) is 0 Å². The molecule has 3 aromatic rings. The number of aromatic carboxylic acids is 1. The van der Waals surface area contributed by atoms with Gasteiger partial charge in [-0.05, 0) is 12.1 Å². The molecule has 7 heteroatoms. The summed E-state index contributed by atoms with van der Waals surface area (Å²) in [6.45, 7) is 0. The van der Waals surface area contributed by atoms with Crippen LogP contribution in [-0.2, 0) is 0 Å². The highest BCUT2D eigenvalue weighted by atomic mass is 19.4. The molecule has 0 saturated heterocycles. The van der Waals surface area contributed by atoms with Crippen molar-refractivity contribution >= 4 is 16.9 Å². The Morgan fingerprint density at radius 3 is 2.38 bits per heavy atom. The van der Waals surface area contributed by atoms with Gasteiger partial charge in [0.25, 0.3) is 0 Å². The molecule has 1 aromatic heterocycles. The third-order valence-electron chi connectivity index (χ3n) is 3.33. The SMILES string of the molecule is O=C(O)c1cc(-c2ccccc2)nc2c(OC(F)(F)F)cccc12. The normalized spacial score (nSPS) is 11.5. The van der Waals surface area contributed by atoms with Crippen LogP contribution in [0.25, 0.3) is 22.2 Å². The van der Waals surface area contributed by atoms with E-state index < -0.39 is 18.1 Å². The van der Waals surface area contributed by atoms with Gasteiger partial charge in [-0.1, -0.05) is 42.5 Å². The number of nitrogens with zero attached hydrogens (tertiary/aromatic N) is 1. The molecule has 0 aliphatic carbocycles. The second-order valence-electron chi connectivity index (χ2n) is 4.93. The van der Waals surface area contributed by atoms with E-state index in [1.54, 1.807) is 30.3 Å². The van der Waals surface area contributed by atoms with E-state index in [-0.39, 0.29) is 22.2 Å². The van der Waals surface area contributed by atoms with Gasteiger partial charge in [0.1, 0.15) is 5.52 Å². The first-order valence-electron chi connectivity index (χ1n) is 6.83. The summed E-state index contributed by atoms with van der Waals surface area (Å²) in [7, 11) is 0. The lowest BCUT2D eigenvalue weighted by atomic mass is 10.0. The number of carboxylic acids is 1. The molecule has 0 aliphatic rings. The number of para-hydroxylation sites is 1. The molecule has 0 atom stereocenters. The summed E-state index contributed by atoms with van der Waals surface area (Å²) in [6, 6.07) is 13.7. The minimum absolute atomic E-state index is 0.0731. The van der Waals surface area contributed by atoms with Gasteiger partial charge in [-0.15, -0.1) is 13.2 Å². The molecule has 1 N–H and O–H groups in total. The molecule has 0 radical (unpaired) electrons. The first-order chi connectivity index (χ1) is 11.3. The van der Waals surface area contributed by atoms with Gasteiger partial charge in [0.15, 0.2) is 5.75 Å². The van der Waals surface area contributed by atoms with Crippen molar-refractivity contribution in [1.29, 1.82) is 0 Å². The zero-order valence-electron chi connectivity index (χ0n) is 12.0. The van der Waals surface area contributed by atoms with E-state index in [0.29, 0.717) is 5.56 Å². The second-order valence-corrected chi connectivity index (χ2v) is 4.93. The number of benzene rings is 2. The maximum Gasteiger partial charge on any atom is 0.573 e. The number of hydrogen-bond donors (Lipinski definition) is 1. The van der Waals surface area contributed by atoms with E-state index in [4.69, 9.17) is 0 Å². The summed E-state index contributed by atoms with van der Waals surface area (Å²) >= 11 is 0. The summed E-state index contributed by atoms with van der Waals surface area (Å²) in [6.07, 6.45) is -4.90. The van der Waals surface area contributed by atoms with Crippen LogP contribution in [0, 0.1) is 0 Å². The highest BCUT2D eigenvalue weighted by Gasteiger charge is 2.32. The summed E-state index contributed by atoms with van der Waals surface area (Å²) in [5.74, 6) is -1.80. The van der Waals surface area contributed by atoms with Crippen molar-refractivity contribution < 1.29 is 27.8 Å². The fraction of sp³-hybridized carbons (Fsp3) is 0.0588. The van der Waals surface area contributed by atoms with E-state index in [9.17, 15) is 23.1 Å². The maximum absolute atomic E-state index is 12.6. The quantitative estimate of drug-likeness (QED) is 0.767. The Hall–Kier alpha value is -3.09. The monoisotopic (exact) mass is 333 g/mol. The molecule has 1 heterocycles. The number of rotatable bonds is 3. The number of carboxylic acid groups (broad SMARTS) is 1. The van der Waals surface area contributed by atoms with Crippen LogP contribution in [0.5, 0.6) is 5.75 Å². The zero-order chi connectivity index (χ0) is 17.3. The smallest absolute Gasteiger partial charge is 0.478 e. The largest absolute Gasteiger partial charge is 0.573 e. The van der Waals surface area contributed by atoms with Gasteiger partial charge in [0.2, 0.25) is 0 Å². The van der Waals surface area contributed by atoms with Crippen LogP contribution in [0.4, 0.5) is 13.2 Å². The molecule has 0 unspecified atom stereocenters. The van der Waals surface area contributed by atoms with Crippen molar-refractivity contribution in [3.63, 3.8) is 0 Å². The van der Waals surface area contributed by atoms with Gasteiger partial charge in [0.05, 0.1) is 11.3 Å². The molecule has 0 spiro atoms.